The van der Waals surface area contributed by atoms with E-state index in [-0.39, 0.29) is 17.2 Å². The summed E-state index contributed by atoms with van der Waals surface area (Å²) in [6.45, 7) is 1.92. The normalized spacial score (nSPS) is 20.0. The molecule has 2 aromatic rings. The van der Waals surface area contributed by atoms with Crippen LogP contribution >= 0.6 is 0 Å². The Morgan fingerprint density at radius 3 is 2.85 bits per heavy atom. The second-order valence-corrected chi connectivity index (χ2v) is 7.41. The predicted octanol–water partition coefficient (Wildman–Crippen LogP) is 3.60. The van der Waals surface area contributed by atoms with E-state index >= 15 is 0 Å². The average Bonchev–Trinajstić information content (AvgIpc) is 3.38. The highest BCUT2D eigenvalue weighted by Gasteiger charge is 2.32. The monoisotopic (exact) mass is 375 g/mol. The van der Waals surface area contributed by atoms with Crippen LogP contribution in [0.1, 0.15) is 47.8 Å². The highest BCUT2D eigenvalue weighted by molar-refractivity contribution is 5.97. The van der Waals surface area contributed by atoms with Gasteiger partial charge in [0.25, 0.3) is 5.91 Å². The summed E-state index contributed by atoms with van der Waals surface area (Å²) in [5, 5.41) is 0. The van der Waals surface area contributed by atoms with Crippen molar-refractivity contribution in [2.75, 3.05) is 20.2 Å². The number of hydrogen-bond acceptors (Lipinski definition) is 3. The molecule has 0 spiro atoms. The lowest BCUT2D eigenvalue weighted by molar-refractivity contribution is 0.0693. The number of carbonyl (C=O) groups excluding carboxylic acids is 1. The molecule has 0 N–H and O–H groups in total. The molecule has 2 heterocycles. The van der Waals surface area contributed by atoms with Gasteiger partial charge in [-0.2, -0.15) is 0 Å². The zero-order valence-electron chi connectivity index (χ0n) is 15.3. The number of nitrogens with zero attached hydrogens (tertiary/aromatic N) is 3. The summed E-state index contributed by atoms with van der Waals surface area (Å²) >= 11 is 0. The zero-order chi connectivity index (χ0) is 19.0. The summed E-state index contributed by atoms with van der Waals surface area (Å²) in [5.41, 5.74) is -0.334. The number of imidazole rings is 1. The van der Waals surface area contributed by atoms with Gasteiger partial charge < -0.3 is 14.2 Å². The molecule has 5 nitrogen and oxygen atoms in total. The van der Waals surface area contributed by atoms with Crippen LogP contribution in [-0.2, 0) is 6.54 Å². The van der Waals surface area contributed by atoms with Crippen LogP contribution in [0.2, 0.25) is 0 Å². The first-order valence-electron chi connectivity index (χ1n) is 9.40. The molecule has 1 saturated carbocycles. The maximum Gasteiger partial charge on any atom is 0.260 e. The Morgan fingerprint density at radius 2 is 2.11 bits per heavy atom. The molecule has 2 aliphatic rings. The molecule has 1 aromatic carbocycles. The summed E-state index contributed by atoms with van der Waals surface area (Å²) in [6.07, 6.45) is 8.02. The van der Waals surface area contributed by atoms with E-state index in [0.717, 1.165) is 37.2 Å². The number of ether oxygens (including phenoxy) is 1. The number of likely N-dealkylation sites (tertiary alicyclic amines) is 1. The number of aromatic nitrogens is 2. The number of methoxy groups -OCH3 is 1. The third-order valence-corrected chi connectivity index (χ3v) is 5.46. The third kappa shape index (κ3) is 3.55. The number of halogens is 2. The van der Waals surface area contributed by atoms with Crippen LogP contribution in [-0.4, -0.2) is 40.6 Å². The van der Waals surface area contributed by atoms with Crippen LogP contribution in [0.3, 0.4) is 0 Å². The van der Waals surface area contributed by atoms with Gasteiger partial charge in [-0.25, -0.2) is 13.8 Å². The lowest BCUT2D eigenvalue weighted by Gasteiger charge is -2.33. The van der Waals surface area contributed by atoms with E-state index in [1.165, 1.54) is 26.0 Å². The van der Waals surface area contributed by atoms with Crippen LogP contribution in [0.4, 0.5) is 8.78 Å². The Kier molecular flexibility index (Phi) is 4.85. The zero-order valence-corrected chi connectivity index (χ0v) is 15.3. The Morgan fingerprint density at radius 1 is 1.30 bits per heavy atom. The van der Waals surface area contributed by atoms with Gasteiger partial charge in [-0.3, -0.25) is 4.79 Å². The molecule has 1 aliphatic carbocycles. The number of carbonyl (C=O) groups is 1. The second kappa shape index (κ2) is 7.29. The molecule has 0 bridgehead atoms. The molecule has 1 aromatic heterocycles. The van der Waals surface area contributed by atoms with Crippen molar-refractivity contribution in [3.8, 4) is 5.75 Å². The minimum atomic E-state index is -1.16. The Bertz CT molecular complexity index is 848. The van der Waals surface area contributed by atoms with Crippen molar-refractivity contribution in [2.24, 2.45) is 5.92 Å². The molecule has 1 saturated heterocycles. The molecule has 1 amide bonds. The Balaban J connectivity index is 1.56. The van der Waals surface area contributed by atoms with E-state index in [1.807, 2.05) is 6.20 Å². The van der Waals surface area contributed by atoms with Crippen molar-refractivity contribution in [2.45, 2.75) is 38.1 Å². The number of benzene rings is 1. The minimum Gasteiger partial charge on any atom is -0.496 e. The molecule has 1 unspecified atom stereocenters. The van der Waals surface area contributed by atoms with E-state index in [2.05, 4.69) is 9.55 Å². The quantitative estimate of drug-likeness (QED) is 0.802. The van der Waals surface area contributed by atoms with Crippen LogP contribution in [0.15, 0.2) is 24.5 Å². The van der Waals surface area contributed by atoms with Gasteiger partial charge in [0.1, 0.15) is 17.1 Å². The van der Waals surface area contributed by atoms with Gasteiger partial charge in [0.2, 0.25) is 0 Å². The first kappa shape index (κ1) is 17.9. The standard InChI is InChI=1S/C20H23F2N3O2/c1-27-16-7-6-15(21)18(22)17(16)20(26)25-9-2-3-14(12-25)19-23-8-10-24(19)11-13-4-5-13/h6-8,10,13-14H,2-5,9,11-12H2,1H3. The smallest absolute Gasteiger partial charge is 0.260 e. The Labute approximate surface area is 156 Å². The van der Waals surface area contributed by atoms with Crippen molar-refractivity contribution in [3.63, 3.8) is 0 Å². The molecule has 0 radical (unpaired) electrons. The SMILES string of the molecule is COc1ccc(F)c(F)c1C(=O)N1CCCC(c2nccn2CC2CC2)C1. The molecule has 2 fully saturated rings. The highest BCUT2D eigenvalue weighted by Crippen LogP contribution is 2.34. The summed E-state index contributed by atoms with van der Waals surface area (Å²) in [6, 6.07) is 2.26. The molecule has 144 valence electrons. The van der Waals surface area contributed by atoms with Gasteiger partial charge in [-0.15, -0.1) is 0 Å². The molecule has 1 atom stereocenters. The molecule has 27 heavy (non-hydrogen) atoms. The summed E-state index contributed by atoms with van der Waals surface area (Å²) in [5.74, 6) is -0.885. The lowest BCUT2D eigenvalue weighted by atomic mass is 9.96. The first-order chi connectivity index (χ1) is 13.1. The summed E-state index contributed by atoms with van der Waals surface area (Å²) in [7, 11) is 1.34. The van der Waals surface area contributed by atoms with E-state index in [0.29, 0.717) is 13.1 Å². The van der Waals surface area contributed by atoms with Gasteiger partial charge in [-0.1, -0.05) is 0 Å². The van der Waals surface area contributed by atoms with Crippen molar-refractivity contribution < 1.29 is 18.3 Å². The number of rotatable bonds is 5. The van der Waals surface area contributed by atoms with Crippen molar-refractivity contribution in [1.82, 2.24) is 14.5 Å². The second-order valence-electron chi connectivity index (χ2n) is 7.41. The molecular formula is C20H23F2N3O2. The van der Waals surface area contributed by atoms with E-state index < -0.39 is 17.5 Å². The number of amides is 1. The van der Waals surface area contributed by atoms with Crippen LogP contribution in [0.25, 0.3) is 0 Å². The van der Waals surface area contributed by atoms with Crippen LogP contribution < -0.4 is 4.74 Å². The Hall–Kier alpha value is -2.44. The third-order valence-electron chi connectivity index (χ3n) is 5.46. The van der Waals surface area contributed by atoms with E-state index in [1.54, 1.807) is 11.1 Å². The van der Waals surface area contributed by atoms with Crippen molar-refractivity contribution in [3.05, 3.63) is 47.5 Å². The lowest BCUT2D eigenvalue weighted by Crippen LogP contribution is -2.40. The van der Waals surface area contributed by atoms with Crippen LogP contribution in [0, 0.1) is 17.6 Å². The van der Waals surface area contributed by atoms with E-state index in [9.17, 15) is 13.6 Å². The fourth-order valence-electron chi connectivity index (χ4n) is 3.85. The van der Waals surface area contributed by atoms with Gasteiger partial charge in [-0.05, 0) is 43.7 Å². The van der Waals surface area contributed by atoms with Gasteiger partial charge in [0, 0.05) is 37.9 Å². The molecule has 4 rings (SSSR count). The number of hydrogen-bond donors (Lipinski definition) is 0. The maximum atomic E-state index is 14.3. The summed E-state index contributed by atoms with van der Waals surface area (Å²) in [4.78, 5) is 19.1. The number of piperidine rings is 1. The molecule has 1 aliphatic heterocycles. The highest BCUT2D eigenvalue weighted by atomic mass is 19.2. The van der Waals surface area contributed by atoms with Gasteiger partial charge in [0.05, 0.1) is 7.11 Å². The van der Waals surface area contributed by atoms with Crippen molar-refractivity contribution >= 4 is 5.91 Å². The maximum absolute atomic E-state index is 14.3. The van der Waals surface area contributed by atoms with E-state index in [4.69, 9.17) is 4.74 Å². The van der Waals surface area contributed by atoms with Gasteiger partial charge >= 0.3 is 0 Å². The predicted molar refractivity (Wildman–Crippen MR) is 95.7 cm³/mol. The molecule has 7 heteroatoms. The fourth-order valence-corrected chi connectivity index (χ4v) is 3.85. The summed E-state index contributed by atoms with van der Waals surface area (Å²) < 4.78 is 35.3. The first-order valence-corrected chi connectivity index (χ1v) is 9.40. The van der Waals surface area contributed by atoms with Gasteiger partial charge in [0.15, 0.2) is 11.6 Å². The topological polar surface area (TPSA) is 47.4 Å². The van der Waals surface area contributed by atoms with Crippen LogP contribution in [0.5, 0.6) is 5.75 Å². The fraction of sp³-hybridized carbons (Fsp3) is 0.500. The average molecular weight is 375 g/mol. The largest absolute Gasteiger partial charge is 0.496 e. The molecular weight excluding hydrogens is 352 g/mol. The van der Waals surface area contributed by atoms with Crippen molar-refractivity contribution in [1.29, 1.82) is 0 Å². The minimum absolute atomic E-state index is 0.0521.